The minimum atomic E-state index is -3.73. The zero-order valence-corrected chi connectivity index (χ0v) is 18.0. The van der Waals surface area contributed by atoms with E-state index >= 15 is 0 Å². The van der Waals surface area contributed by atoms with Gasteiger partial charge in [0.2, 0.25) is 5.91 Å². The van der Waals surface area contributed by atoms with Gasteiger partial charge in [0.25, 0.3) is 10.0 Å². The molecule has 0 bridgehead atoms. The molecule has 3 rings (SSSR count). The summed E-state index contributed by atoms with van der Waals surface area (Å²) in [4.78, 5) is 29.3. The molecule has 1 N–H and O–H groups in total. The summed E-state index contributed by atoms with van der Waals surface area (Å²) < 4.78 is 32.3. The summed E-state index contributed by atoms with van der Waals surface area (Å²) in [6.07, 6.45) is 1.91. The van der Waals surface area contributed by atoms with Crippen molar-refractivity contribution in [1.29, 1.82) is 0 Å². The van der Waals surface area contributed by atoms with E-state index in [4.69, 9.17) is 4.74 Å². The molecule has 11 heteroatoms. The standard InChI is InChI=1S/C17H21N3O5S3/c1-3-25-16(22)14-11(2)18-17(27-14)19-15(21)12-7-4-5-9-20(12)28(23,24)13-8-6-10-26-13/h6,8,10,12H,3-5,7,9H2,1-2H3,(H,18,19,21)/t12-/m1/s1. The van der Waals surface area contributed by atoms with Crippen molar-refractivity contribution in [2.45, 2.75) is 43.4 Å². The molecule has 1 atom stereocenters. The molecule has 0 aromatic carbocycles. The number of nitrogens with zero attached hydrogens (tertiary/aromatic N) is 2. The van der Waals surface area contributed by atoms with Crippen LogP contribution in [0.25, 0.3) is 0 Å². The van der Waals surface area contributed by atoms with Crippen molar-refractivity contribution in [2.75, 3.05) is 18.5 Å². The van der Waals surface area contributed by atoms with Gasteiger partial charge in [-0.2, -0.15) is 4.31 Å². The molecule has 28 heavy (non-hydrogen) atoms. The Morgan fingerprint density at radius 2 is 2.18 bits per heavy atom. The van der Waals surface area contributed by atoms with Gasteiger partial charge >= 0.3 is 5.97 Å². The van der Waals surface area contributed by atoms with Gasteiger partial charge in [0.05, 0.1) is 12.3 Å². The summed E-state index contributed by atoms with van der Waals surface area (Å²) in [5.74, 6) is -0.929. The lowest BCUT2D eigenvalue weighted by Gasteiger charge is -2.32. The number of hydrogen-bond acceptors (Lipinski definition) is 8. The van der Waals surface area contributed by atoms with Gasteiger partial charge < -0.3 is 10.1 Å². The third-order valence-corrected chi connectivity index (χ3v) is 8.64. The molecule has 152 valence electrons. The molecule has 1 aliphatic rings. The van der Waals surface area contributed by atoms with Crippen molar-refractivity contribution in [3.63, 3.8) is 0 Å². The second-order valence-corrected chi connectivity index (χ2v) is 10.3. The van der Waals surface area contributed by atoms with E-state index in [1.54, 1.807) is 31.4 Å². The number of thiazole rings is 1. The van der Waals surface area contributed by atoms with Crippen LogP contribution >= 0.6 is 22.7 Å². The van der Waals surface area contributed by atoms with Gasteiger partial charge in [-0.3, -0.25) is 4.79 Å². The Morgan fingerprint density at radius 1 is 1.39 bits per heavy atom. The fraction of sp³-hybridized carbons (Fsp3) is 0.471. The van der Waals surface area contributed by atoms with Gasteiger partial charge in [-0.05, 0) is 38.1 Å². The van der Waals surface area contributed by atoms with Crippen molar-refractivity contribution in [1.82, 2.24) is 9.29 Å². The summed E-state index contributed by atoms with van der Waals surface area (Å²) in [5.41, 5.74) is 0.463. The van der Waals surface area contributed by atoms with E-state index in [-0.39, 0.29) is 15.9 Å². The van der Waals surface area contributed by atoms with Crippen molar-refractivity contribution in [3.8, 4) is 0 Å². The molecule has 0 saturated carbocycles. The molecule has 0 spiro atoms. The maximum atomic E-state index is 12.9. The largest absolute Gasteiger partial charge is 0.462 e. The van der Waals surface area contributed by atoms with Crippen LogP contribution in [0, 0.1) is 6.92 Å². The van der Waals surface area contributed by atoms with Gasteiger partial charge in [-0.1, -0.05) is 23.8 Å². The first-order chi connectivity index (χ1) is 13.3. The lowest BCUT2D eigenvalue weighted by molar-refractivity contribution is -0.120. The highest BCUT2D eigenvalue weighted by molar-refractivity contribution is 7.91. The number of anilines is 1. The van der Waals surface area contributed by atoms with Crippen molar-refractivity contribution < 1.29 is 22.7 Å². The Bertz CT molecular complexity index is 953. The maximum absolute atomic E-state index is 12.9. The minimum Gasteiger partial charge on any atom is -0.462 e. The predicted octanol–water partition coefficient (Wildman–Crippen LogP) is 2.87. The Balaban J connectivity index is 1.79. The van der Waals surface area contributed by atoms with Gasteiger partial charge in [0.1, 0.15) is 15.1 Å². The number of carbonyl (C=O) groups is 2. The molecule has 1 fully saturated rings. The van der Waals surface area contributed by atoms with E-state index in [1.807, 2.05) is 0 Å². The summed E-state index contributed by atoms with van der Waals surface area (Å²) in [6, 6.07) is 2.40. The smallest absolute Gasteiger partial charge is 0.350 e. The normalized spacial score (nSPS) is 18.0. The van der Waals surface area contributed by atoms with E-state index in [9.17, 15) is 18.0 Å². The second kappa shape index (κ2) is 8.68. The molecule has 0 unspecified atom stereocenters. The number of sulfonamides is 1. The Labute approximate surface area is 171 Å². The number of rotatable bonds is 6. The van der Waals surface area contributed by atoms with E-state index in [2.05, 4.69) is 10.3 Å². The number of aromatic nitrogens is 1. The molecule has 2 aromatic heterocycles. The fourth-order valence-corrected chi connectivity index (χ4v) is 6.64. The first-order valence-electron chi connectivity index (χ1n) is 8.85. The Kier molecular flexibility index (Phi) is 6.48. The number of piperidine rings is 1. The molecular formula is C17H21N3O5S3. The first kappa shape index (κ1) is 20.9. The lowest BCUT2D eigenvalue weighted by atomic mass is 10.0. The predicted molar refractivity (Wildman–Crippen MR) is 107 cm³/mol. The molecule has 8 nitrogen and oxygen atoms in total. The SMILES string of the molecule is CCOC(=O)c1sc(NC(=O)[C@H]2CCCCN2S(=O)(=O)c2cccs2)nc1C. The van der Waals surface area contributed by atoms with Crippen LogP contribution in [0.5, 0.6) is 0 Å². The number of ether oxygens (including phenoxy) is 1. The molecule has 1 amide bonds. The highest BCUT2D eigenvalue weighted by atomic mass is 32.2. The summed E-state index contributed by atoms with van der Waals surface area (Å²) in [7, 11) is -3.73. The van der Waals surface area contributed by atoms with E-state index in [0.29, 0.717) is 30.0 Å². The molecule has 1 saturated heterocycles. The van der Waals surface area contributed by atoms with E-state index in [0.717, 1.165) is 29.1 Å². The third-order valence-electron chi connectivity index (χ3n) is 4.30. The number of esters is 1. The fourth-order valence-electron chi connectivity index (χ4n) is 3.01. The van der Waals surface area contributed by atoms with Crippen LogP contribution in [0.15, 0.2) is 21.7 Å². The molecule has 3 heterocycles. The quantitative estimate of drug-likeness (QED) is 0.688. The first-order valence-corrected chi connectivity index (χ1v) is 12.0. The van der Waals surface area contributed by atoms with Gasteiger partial charge in [-0.25, -0.2) is 18.2 Å². The summed E-state index contributed by atoms with van der Waals surface area (Å²) >= 11 is 2.15. The van der Waals surface area contributed by atoms with Crippen molar-refractivity contribution >= 4 is 49.7 Å². The highest BCUT2D eigenvalue weighted by Gasteiger charge is 2.38. The number of nitrogens with one attached hydrogen (secondary N) is 1. The Hall–Kier alpha value is -1.82. The van der Waals surface area contributed by atoms with Crippen LogP contribution in [-0.2, 0) is 19.6 Å². The number of hydrogen-bond donors (Lipinski definition) is 1. The van der Waals surface area contributed by atoms with Gasteiger partial charge in [0, 0.05) is 6.54 Å². The molecular weight excluding hydrogens is 422 g/mol. The zero-order chi connectivity index (χ0) is 20.3. The molecule has 0 radical (unpaired) electrons. The van der Waals surface area contributed by atoms with Crippen LogP contribution in [0.4, 0.5) is 5.13 Å². The average Bonchev–Trinajstić information content (AvgIpc) is 3.32. The maximum Gasteiger partial charge on any atom is 0.350 e. The van der Waals surface area contributed by atoms with Crippen molar-refractivity contribution in [2.24, 2.45) is 0 Å². The zero-order valence-electron chi connectivity index (χ0n) is 15.5. The van der Waals surface area contributed by atoms with E-state index < -0.39 is 27.9 Å². The highest BCUT2D eigenvalue weighted by Crippen LogP contribution is 2.29. The second-order valence-electron chi connectivity index (χ2n) is 6.20. The van der Waals surface area contributed by atoms with Gasteiger partial charge in [0.15, 0.2) is 5.13 Å². The average molecular weight is 444 g/mol. The molecule has 1 aliphatic heterocycles. The van der Waals surface area contributed by atoms with Crippen LogP contribution in [0.1, 0.15) is 41.6 Å². The monoisotopic (exact) mass is 443 g/mol. The summed E-state index contributed by atoms with van der Waals surface area (Å²) in [6.45, 7) is 3.91. The number of carbonyl (C=O) groups excluding carboxylic acids is 2. The molecule has 2 aromatic rings. The number of aryl methyl sites for hydroxylation is 1. The molecule has 0 aliphatic carbocycles. The van der Waals surface area contributed by atoms with Crippen LogP contribution < -0.4 is 5.32 Å². The summed E-state index contributed by atoms with van der Waals surface area (Å²) in [5, 5.41) is 4.63. The van der Waals surface area contributed by atoms with Crippen LogP contribution in [0.3, 0.4) is 0 Å². The van der Waals surface area contributed by atoms with Crippen molar-refractivity contribution in [3.05, 3.63) is 28.1 Å². The van der Waals surface area contributed by atoms with Crippen LogP contribution in [0.2, 0.25) is 0 Å². The Morgan fingerprint density at radius 3 is 2.86 bits per heavy atom. The topological polar surface area (TPSA) is 106 Å². The van der Waals surface area contributed by atoms with Gasteiger partial charge in [-0.15, -0.1) is 11.3 Å². The minimum absolute atomic E-state index is 0.224. The number of thiophene rings is 1. The third kappa shape index (κ3) is 4.27. The van der Waals surface area contributed by atoms with Crippen LogP contribution in [-0.4, -0.2) is 48.8 Å². The van der Waals surface area contributed by atoms with E-state index in [1.165, 1.54) is 4.31 Å². The lowest BCUT2D eigenvalue weighted by Crippen LogP contribution is -2.49. The number of amides is 1.